The molecular weight excluding hydrogens is 250 g/mol. The van der Waals surface area contributed by atoms with Crippen LogP contribution in [0.3, 0.4) is 0 Å². The Hall–Kier alpha value is -0.160. The van der Waals surface area contributed by atoms with Gasteiger partial charge in [0.1, 0.15) is 0 Å². The van der Waals surface area contributed by atoms with Gasteiger partial charge in [-0.05, 0) is 32.6 Å². The number of rotatable bonds is 7. The van der Waals surface area contributed by atoms with Gasteiger partial charge in [0.05, 0.1) is 12.1 Å². The van der Waals surface area contributed by atoms with Gasteiger partial charge < -0.3 is 10.4 Å². The minimum atomic E-state index is -0.0752. The van der Waals surface area contributed by atoms with Crippen LogP contribution >= 0.6 is 0 Å². The number of aliphatic hydroxyl groups excluding tert-OH is 1. The predicted molar refractivity (Wildman–Crippen MR) is 84.0 cm³/mol. The predicted octanol–water partition coefficient (Wildman–Crippen LogP) is 1.15. The molecule has 0 bridgehead atoms. The molecule has 20 heavy (non-hydrogen) atoms. The Bertz CT molecular complexity index is 296. The van der Waals surface area contributed by atoms with Crippen LogP contribution in [-0.4, -0.2) is 71.9 Å². The molecule has 0 radical (unpaired) electrons. The third-order valence-corrected chi connectivity index (χ3v) is 4.86. The largest absolute Gasteiger partial charge is 0.394 e. The molecule has 1 aliphatic heterocycles. The van der Waals surface area contributed by atoms with Crippen molar-refractivity contribution in [3.63, 3.8) is 0 Å². The SMILES string of the molecule is CC(C)NC(CO)(CN1CCN(C(C)C)CC1)C1CC1. The van der Waals surface area contributed by atoms with Gasteiger partial charge in [0.15, 0.2) is 0 Å². The lowest BCUT2D eigenvalue weighted by molar-refractivity contribution is 0.0478. The summed E-state index contributed by atoms with van der Waals surface area (Å²) in [5.41, 5.74) is -0.0752. The van der Waals surface area contributed by atoms with Gasteiger partial charge in [-0.15, -0.1) is 0 Å². The van der Waals surface area contributed by atoms with Gasteiger partial charge in [-0.3, -0.25) is 9.80 Å². The summed E-state index contributed by atoms with van der Waals surface area (Å²) in [4.78, 5) is 5.09. The van der Waals surface area contributed by atoms with Crippen LogP contribution in [0, 0.1) is 5.92 Å². The number of nitrogens with one attached hydrogen (secondary N) is 1. The molecule has 2 N–H and O–H groups in total. The van der Waals surface area contributed by atoms with Crippen LogP contribution in [0.5, 0.6) is 0 Å². The Morgan fingerprint density at radius 1 is 1.10 bits per heavy atom. The molecule has 0 amide bonds. The van der Waals surface area contributed by atoms with Crippen LogP contribution in [0.1, 0.15) is 40.5 Å². The smallest absolute Gasteiger partial charge is 0.0628 e. The van der Waals surface area contributed by atoms with Gasteiger partial charge in [0, 0.05) is 44.8 Å². The molecule has 118 valence electrons. The first-order valence-corrected chi connectivity index (χ1v) is 8.32. The van der Waals surface area contributed by atoms with Crippen LogP contribution in [0.4, 0.5) is 0 Å². The second-order valence-corrected chi connectivity index (χ2v) is 7.29. The minimum Gasteiger partial charge on any atom is -0.394 e. The van der Waals surface area contributed by atoms with E-state index in [-0.39, 0.29) is 12.1 Å². The minimum absolute atomic E-state index is 0.0752. The van der Waals surface area contributed by atoms with Crippen molar-refractivity contribution in [2.24, 2.45) is 5.92 Å². The summed E-state index contributed by atoms with van der Waals surface area (Å²) in [7, 11) is 0. The molecule has 4 heteroatoms. The summed E-state index contributed by atoms with van der Waals surface area (Å²) in [5.74, 6) is 0.665. The van der Waals surface area contributed by atoms with Gasteiger partial charge >= 0.3 is 0 Å². The first-order valence-electron chi connectivity index (χ1n) is 8.32. The van der Waals surface area contributed by atoms with E-state index in [0.717, 1.165) is 32.7 Å². The van der Waals surface area contributed by atoms with E-state index in [1.165, 1.54) is 12.8 Å². The molecule has 1 unspecified atom stereocenters. The molecule has 1 heterocycles. The first-order chi connectivity index (χ1) is 9.47. The molecule has 0 aromatic heterocycles. The summed E-state index contributed by atoms with van der Waals surface area (Å²) in [6.07, 6.45) is 2.54. The van der Waals surface area contributed by atoms with Gasteiger partial charge in [0.25, 0.3) is 0 Å². The molecule has 2 rings (SSSR count). The van der Waals surface area contributed by atoms with E-state index < -0.39 is 0 Å². The van der Waals surface area contributed by atoms with E-state index in [2.05, 4.69) is 42.8 Å². The van der Waals surface area contributed by atoms with Crippen molar-refractivity contribution in [3.05, 3.63) is 0 Å². The Morgan fingerprint density at radius 3 is 2.10 bits per heavy atom. The zero-order valence-corrected chi connectivity index (χ0v) is 13.7. The highest BCUT2D eigenvalue weighted by molar-refractivity contribution is 5.04. The summed E-state index contributed by atoms with van der Waals surface area (Å²) in [6, 6.07) is 1.08. The lowest BCUT2D eigenvalue weighted by Gasteiger charge is -2.43. The number of aliphatic hydroxyl groups is 1. The van der Waals surface area contributed by atoms with Crippen molar-refractivity contribution in [3.8, 4) is 0 Å². The zero-order valence-electron chi connectivity index (χ0n) is 13.7. The van der Waals surface area contributed by atoms with Crippen LogP contribution in [-0.2, 0) is 0 Å². The standard InChI is InChI=1S/C16H33N3O/c1-13(2)17-16(12-20,15-5-6-15)11-18-7-9-19(10-8-18)14(3)4/h13-15,17,20H,5-12H2,1-4H3. The average molecular weight is 283 g/mol. The maximum Gasteiger partial charge on any atom is 0.0628 e. The maximum atomic E-state index is 10.0. The summed E-state index contributed by atoms with van der Waals surface area (Å²) >= 11 is 0. The second kappa shape index (κ2) is 6.73. The number of hydrogen-bond donors (Lipinski definition) is 2. The summed E-state index contributed by atoms with van der Waals surface area (Å²) < 4.78 is 0. The quantitative estimate of drug-likeness (QED) is 0.735. The fraction of sp³-hybridized carbons (Fsp3) is 1.00. The van der Waals surface area contributed by atoms with E-state index in [1.54, 1.807) is 0 Å². The molecule has 2 fully saturated rings. The molecule has 1 aliphatic carbocycles. The van der Waals surface area contributed by atoms with Gasteiger partial charge in [-0.25, -0.2) is 0 Å². The second-order valence-electron chi connectivity index (χ2n) is 7.29. The zero-order chi connectivity index (χ0) is 14.8. The van der Waals surface area contributed by atoms with Gasteiger partial charge in [-0.2, -0.15) is 0 Å². The van der Waals surface area contributed by atoms with Crippen molar-refractivity contribution in [2.75, 3.05) is 39.3 Å². The van der Waals surface area contributed by atoms with Gasteiger partial charge in [-0.1, -0.05) is 13.8 Å². The number of piperazine rings is 1. The van der Waals surface area contributed by atoms with Crippen LogP contribution in [0.15, 0.2) is 0 Å². The lowest BCUT2D eigenvalue weighted by atomic mass is 9.92. The van der Waals surface area contributed by atoms with Crippen LogP contribution < -0.4 is 5.32 Å². The average Bonchev–Trinajstić information content (AvgIpc) is 3.22. The van der Waals surface area contributed by atoms with E-state index in [4.69, 9.17) is 0 Å². The molecule has 2 aliphatic rings. The van der Waals surface area contributed by atoms with Gasteiger partial charge in [0.2, 0.25) is 0 Å². The van der Waals surface area contributed by atoms with Crippen molar-refractivity contribution in [2.45, 2.75) is 58.2 Å². The van der Waals surface area contributed by atoms with E-state index >= 15 is 0 Å². The van der Waals surface area contributed by atoms with E-state index in [9.17, 15) is 5.11 Å². The van der Waals surface area contributed by atoms with Crippen molar-refractivity contribution in [1.82, 2.24) is 15.1 Å². The molecule has 0 aromatic carbocycles. The lowest BCUT2D eigenvalue weighted by Crippen LogP contribution is -2.62. The van der Waals surface area contributed by atoms with Crippen molar-refractivity contribution >= 4 is 0 Å². The highest BCUT2D eigenvalue weighted by Crippen LogP contribution is 2.40. The topological polar surface area (TPSA) is 38.7 Å². The first kappa shape index (κ1) is 16.2. The third-order valence-electron chi connectivity index (χ3n) is 4.86. The normalized spacial score (nSPS) is 25.4. The maximum absolute atomic E-state index is 10.0. The van der Waals surface area contributed by atoms with Crippen LogP contribution in [0.2, 0.25) is 0 Å². The van der Waals surface area contributed by atoms with E-state index in [1.807, 2.05) is 0 Å². The Kier molecular flexibility index (Phi) is 5.46. The molecule has 1 saturated carbocycles. The highest BCUT2D eigenvalue weighted by atomic mass is 16.3. The molecule has 1 saturated heterocycles. The molecule has 1 atom stereocenters. The fourth-order valence-corrected chi connectivity index (χ4v) is 3.57. The Labute approximate surface area is 124 Å². The Balaban J connectivity index is 1.92. The highest BCUT2D eigenvalue weighted by Gasteiger charge is 2.46. The van der Waals surface area contributed by atoms with Crippen molar-refractivity contribution < 1.29 is 5.11 Å². The van der Waals surface area contributed by atoms with Crippen molar-refractivity contribution in [1.29, 1.82) is 0 Å². The summed E-state index contributed by atoms with van der Waals surface area (Å²) in [5, 5.41) is 13.7. The third kappa shape index (κ3) is 3.94. The molecule has 4 nitrogen and oxygen atoms in total. The van der Waals surface area contributed by atoms with E-state index in [0.29, 0.717) is 18.0 Å². The summed E-state index contributed by atoms with van der Waals surface area (Å²) in [6.45, 7) is 14.8. The monoisotopic (exact) mass is 283 g/mol. The number of nitrogens with zero attached hydrogens (tertiary/aromatic N) is 2. The molecule has 0 spiro atoms. The Morgan fingerprint density at radius 2 is 1.70 bits per heavy atom. The molecule has 0 aromatic rings. The molecular formula is C16H33N3O. The number of hydrogen-bond acceptors (Lipinski definition) is 4. The fourth-order valence-electron chi connectivity index (χ4n) is 3.57. The van der Waals surface area contributed by atoms with Crippen LogP contribution in [0.25, 0.3) is 0 Å².